The molecule has 3 N–H and O–H groups in total. The van der Waals surface area contributed by atoms with Crippen LogP contribution in [0.5, 0.6) is 11.5 Å². The Morgan fingerprint density at radius 1 is 0.712 bits per heavy atom. The second kappa shape index (κ2) is 20.4. The lowest BCUT2D eigenvalue weighted by Gasteiger charge is -2.37. The minimum absolute atomic E-state index is 0.0742. The highest BCUT2D eigenvalue weighted by Gasteiger charge is 2.58. The number of rotatable bonds is 11. The summed E-state index contributed by atoms with van der Waals surface area (Å²) in [6, 6.07) is 33.6. The zero-order valence-corrected chi connectivity index (χ0v) is 41.4. The molecule has 6 heterocycles. The monoisotopic (exact) mass is 1040 g/mol. The van der Waals surface area contributed by atoms with E-state index in [1.165, 1.54) is 6.20 Å². The SMILES string of the molecule is COc1ccc(C(OC[C@H]2O[C@@H](n3ccc(=O)[nH]c3=O)[C@@H]3OC(=O)NCc4cn(c(=O)[nH]c4=O)[C@@H]4O[C@H](COP(=O)(Sc5ccccc5)O[C@@H]32)[C@H]2OC(C)(C)O[C@H]24)(c2ccccc2)c2ccc(OC)cc2)cc1. The lowest BCUT2D eigenvalue weighted by Crippen LogP contribution is -2.44. The molecule has 10 rings (SSSR count). The molecular weight excluding hydrogens is 990 g/mol. The number of fused-ring (bicyclic) bond motifs is 9. The molecule has 0 aliphatic carbocycles. The van der Waals surface area contributed by atoms with Gasteiger partial charge in [-0.05, 0) is 78.3 Å². The van der Waals surface area contributed by atoms with Crippen molar-refractivity contribution in [3.05, 3.63) is 192 Å². The third-order valence-electron chi connectivity index (χ3n) is 12.8. The third kappa shape index (κ3) is 10.1. The fraction of sp³-hybridized carbons (Fsp3) is 0.340. The lowest BCUT2D eigenvalue weighted by molar-refractivity contribution is -0.200. The molecule has 2 aromatic heterocycles. The second-order valence-electron chi connectivity index (χ2n) is 17.8. The summed E-state index contributed by atoms with van der Waals surface area (Å²) in [6.07, 6.45) is -9.06. The molecule has 73 heavy (non-hydrogen) atoms. The minimum Gasteiger partial charge on any atom is -0.497 e. The third-order valence-corrected chi connectivity index (χ3v) is 16.3. The molecular formula is C50H50N5O16PS. The summed E-state index contributed by atoms with van der Waals surface area (Å²) in [4.78, 5) is 72.0. The molecule has 9 atom stereocenters. The van der Waals surface area contributed by atoms with Crippen LogP contribution in [0.1, 0.15) is 48.6 Å². The number of nitrogens with zero attached hydrogens (tertiary/aromatic N) is 2. The number of ether oxygens (including phenoxy) is 8. The molecule has 1 amide bonds. The first kappa shape index (κ1) is 50.0. The van der Waals surface area contributed by atoms with E-state index in [9.17, 15) is 24.0 Å². The molecule has 3 saturated heterocycles. The van der Waals surface area contributed by atoms with Crippen LogP contribution in [0.2, 0.25) is 0 Å². The number of H-pyrrole nitrogens is 2. The maximum absolute atomic E-state index is 15.9. The zero-order valence-electron chi connectivity index (χ0n) is 39.6. The average molecular weight is 1040 g/mol. The average Bonchev–Trinajstić information content (AvgIpc) is 4.00. The molecule has 4 aliphatic heterocycles. The van der Waals surface area contributed by atoms with E-state index < -0.39 is 116 Å². The number of hydrogen-bond acceptors (Lipinski definition) is 17. The Balaban J connectivity index is 1.12. The molecule has 1 unspecified atom stereocenters. The van der Waals surface area contributed by atoms with Crippen molar-refractivity contribution in [2.45, 2.75) is 85.8 Å². The van der Waals surface area contributed by atoms with Crippen molar-refractivity contribution in [2.75, 3.05) is 27.4 Å². The van der Waals surface area contributed by atoms with Crippen LogP contribution in [-0.2, 0) is 54.2 Å². The largest absolute Gasteiger partial charge is 0.497 e. The highest BCUT2D eigenvalue weighted by atomic mass is 32.7. The summed E-state index contributed by atoms with van der Waals surface area (Å²) in [5.41, 5.74) is -2.88. The molecule has 4 aliphatic rings. The van der Waals surface area contributed by atoms with Crippen molar-refractivity contribution >= 4 is 24.3 Å². The maximum atomic E-state index is 15.9. The molecule has 0 radical (unpaired) electrons. The van der Waals surface area contributed by atoms with Crippen molar-refractivity contribution in [1.29, 1.82) is 0 Å². The van der Waals surface area contributed by atoms with E-state index in [0.717, 1.165) is 32.8 Å². The summed E-state index contributed by atoms with van der Waals surface area (Å²) in [5, 5.41) is 2.55. The summed E-state index contributed by atoms with van der Waals surface area (Å²) in [6.45, 7) is -2.62. The first-order chi connectivity index (χ1) is 35.2. The van der Waals surface area contributed by atoms with Crippen molar-refractivity contribution in [3.63, 3.8) is 0 Å². The van der Waals surface area contributed by atoms with E-state index in [0.29, 0.717) is 33.1 Å². The Kier molecular flexibility index (Phi) is 13.9. The van der Waals surface area contributed by atoms with Gasteiger partial charge in [-0.2, -0.15) is 0 Å². The molecule has 6 aromatic rings. The van der Waals surface area contributed by atoms with Gasteiger partial charge in [-0.15, -0.1) is 0 Å². The van der Waals surface area contributed by atoms with E-state index in [4.69, 9.17) is 46.9 Å². The Labute approximate surface area is 419 Å². The molecule has 0 spiro atoms. The van der Waals surface area contributed by atoms with E-state index in [2.05, 4.69) is 15.3 Å². The molecule has 23 heteroatoms. The Morgan fingerprint density at radius 3 is 1.96 bits per heavy atom. The first-order valence-electron chi connectivity index (χ1n) is 23.1. The topological polar surface area (TPSA) is 248 Å². The van der Waals surface area contributed by atoms with Crippen LogP contribution in [0.25, 0.3) is 0 Å². The Bertz CT molecular complexity index is 3200. The van der Waals surface area contributed by atoms with Crippen LogP contribution in [0.4, 0.5) is 4.79 Å². The van der Waals surface area contributed by atoms with Crippen LogP contribution >= 0.6 is 18.2 Å². The quantitative estimate of drug-likeness (QED) is 0.109. The van der Waals surface area contributed by atoms with E-state index >= 15 is 4.57 Å². The van der Waals surface area contributed by atoms with Gasteiger partial charge in [0.05, 0.1) is 39.5 Å². The number of carbonyl (C=O) groups is 1. The minimum atomic E-state index is -4.62. The van der Waals surface area contributed by atoms with Crippen molar-refractivity contribution in [2.24, 2.45) is 0 Å². The number of benzene rings is 4. The van der Waals surface area contributed by atoms with E-state index in [1.807, 2.05) is 54.6 Å². The number of methoxy groups -OCH3 is 2. The van der Waals surface area contributed by atoms with E-state index in [-0.39, 0.29) is 5.56 Å². The summed E-state index contributed by atoms with van der Waals surface area (Å²) >= 11 is 0.745. The maximum Gasteiger partial charge on any atom is 0.407 e. The highest BCUT2D eigenvalue weighted by molar-refractivity contribution is 8.55. The van der Waals surface area contributed by atoms with Gasteiger partial charge in [0.1, 0.15) is 47.6 Å². The Morgan fingerprint density at radius 2 is 1.32 bits per heavy atom. The first-order valence-corrected chi connectivity index (χ1v) is 26.1. The van der Waals surface area contributed by atoms with Crippen LogP contribution in [-0.4, -0.2) is 95.0 Å². The molecule has 4 aromatic carbocycles. The van der Waals surface area contributed by atoms with E-state index in [1.54, 1.807) is 82.7 Å². The number of alkyl carbamates (subject to hydrolysis) is 1. The van der Waals surface area contributed by atoms with Gasteiger partial charge in [0.25, 0.3) is 11.1 Å². The number of amides is 1. The Hall–Kier alpha value is -6.59. The number of carbonyl (C=O) groups excluding carboxylic acids is 1. The lowest BCUT2D eigenvalue weighted by atomic mass is 9.80. The fourth-order valence-electron chi connectivity index (χ4n) is 9.42. The van der Waals surface area contributed by atoms with Gasteiger partial charge < -0.3 is 43.2 Å². The molecule has 382 valence electrons. The van der Waals surface area contributed by atoms with Gasteiger partial charge in [-0.3, -0.25) is 37.7 Å². The normalized spacial score (nSPS) is 26.8. The highest BCUT2D eigenvalue weighted by Crippen LogP contribution is 2.66. The van der Waals surface area contributed by atoms with Gasteiger partial charge in [0, 0.05) is 23.4 Å². The number of aromatic amines is 2. The summed E-state index contributed by atoms with van der Waals surface area (Å²) in [5.74, 6) is -0.0124. The smallest absolute Gasteiger partial charge is 0.407 e. The predicted octanol–water partition coefficient (Wildman–Crippen LogP) is 5.34. The van der Waals surface area contributed by atoms with Gasteiger partial charge in [-0.1, -0.05) is 72.8 Å². The number of nitrogens with one attached hydrogen (secondary N) is 3. The summed E-state index contributed by atoms with van der Waals surface area (Å²) in [7, 11) is 3.11. The van der Waals surface area contributed by atoms with Crippen LogP contribution in [0.15, 0.2) is 152 Å². The predicted molar refractivity (Wildman–Crippen MR) is 260 cm³/mol. The van der Waals surface area contributed by atoms with Crippen molar-refractivity contribution < 1.29 is 56.3 Å². The van der Waals surface area contributed by atoms with Crippen LogP contribution < -0.4 is 37.3 Å². The van der Waals surface area contributed by atoms with Crippen LogP contribution in [0, 0.1) is 0 Å². The molecule has 3 fully saturated rings. The van der Waals surface area contributed by atoms with Gasteiger partial charge in [-0.25, -0.2) is 18.9 Å². The number of aromatic nitrogens is 4. The van der Waals surface area contributed by atoms with Gasteiger partial charge in [0.15, 0.2) is 24.3 Å². The van der Waals surface area contributed by atoms with Crippen LogP contribution in [0.3, 0.4) is 0 Å². The van der Waals surface area contributed by atoms with Crippen molar-refractivity contribution in [3.8, 4) is 11.5 Å². The van der Waals surface area contributed by atoms with Gasteiger partial charge in [0.2, 0.25) is 0 Å². The number of hydrogen-bond donors (Lipinski definition) is 3. The zero-order chi connectivity index (χ0) is 51.1. The van der Waals surface area contributed by atoms with Gasteiger partial charge >= 0.3 is 24.3 Å². The molecule has 0 saturated carbocycles. The second-order valence-corrected chi connectivity index (χ2v) is 21.7. The standard InChI is InChI=1S/C50H50N5O16PS/c1-49(2)69-39-37-28-65-72(61,73-35-13-9-6-10-14-35)71-40-36(27-64-50(30-11-7-5-8-12-30,31-15-19-33(62-3)20-16-31)32-17-21-34(63-4)22-18-32)66-44(54-24-23-38(56)52-46(54)58)41(40)68-48(60)51-25-29-26-55(47(59)53-43(29)57)45(67-37)42(39)70-49/h5-24,26,36-37,39-42,44-45H,25,27-28H2,1-4H3,(H,51,60)(H,52,56,58)(H,53,57,59)/t36-,37-,39-,40-,41-,42-,44-,45-,72?/m1/s1. The molecule has 21 nitrogen and oxygen atoms in total. The van der Waals surface area contributed by atoms with Crippen molar-refractivity contribution in [1.82, 2.24) is 24.4 Å². The molecule has 4 bridgehead atoms. The fourth-order valence-corrected chi connectivity index (χ4v) is 12.9. The summed E-state index contributed by atoms with van der Waals surface area (Å²) < 4.78 is 81.3.